The highest BCUT2D eigenvalue weighted by atomic mass is 16.6. The molecule has 0 amide bonds. The third-order valence-electron chi connectivity index (χ3n) is 2.73. The molecule has 0 aliphatic heterocycles. The summed E-state index contributed by atoms with van der Waals surface area (Å²) in [6.45, 7) is 0.566. The molecule has 0 N–H and O–H groups in total. The maximum Gasteiger partial charge on any atom is 0.394 e. The van der Waals surface area contributed by atoms with Crippen LogP contribution in [0.2, 0.25) is 0 Å². The van der Waals surface area contributed by atoms with Crippen LogP contribution in [0.15, 0.2) is 59.0 Å². The molecule has 1 aromatic heterocycles. The van der Waals surface area contributed by atoms with Crippen LogP contribution < -0.4 is 4.74 Å². The first-order valence-electron chi connectivity index (χ1n) is 5.94. The second-order valence-electron chi connectivity index (χ2n) is 4.03. The van der Waals surface area contributed by atoms with Gasteiger partial charge in [0.25, 0.3) is 0 Å². The molecule has 3 heteroatoms. The first kappa shape index (κ1) is 10.8. The number of hydrogen-bond donors (Lipinski definition) is 0. The van der Waals surface area contributed by atoms with E-state index in [9.17, 15) is 0 Å². The standard InChI is InChI=1S/C15H13NO2/c1-2-6-12(7-3-1)10-11-17-15-16-13-8-4-5-9-14(13)18-15/h1-9H,10-11H2. The zero-order chi connectivity index (χ0) is 12.2. The Morgan fingerprint density at radius 1 is 0.944 bits per heavy atom. The quantitative estimate of drug-likeness (QED) is 0.699. The number of aromatic nitrogens is 1. The summed E-state index contributed by atoms with van der Waals surface area (Å²) < 4.78 is 11.0. The molecule has 0 spiro atoms. The van der Waals surface area contributed by atoms with Crippen LogP contribution in [0.4, 0.5) is 0 Å². The minimum atomic E-state index is 0.340. The molecule has 3 rings (SSSR count). The van der Waals surface area contributed by atoms with Crippen molar-refractivity contribution in [1.29, 1.82) is 0 Å². The second-order valence-corrected chi connectivity index (χ2v) is 4.03. The van der Waals surface area contributed by atoms with E-state index in [0.717, 1.165) is 17.5 Å². The number of oxazole rings is 1. The summed E-state index contributed by atoms with van der Waals surface area (Å²) in [5.74, 6) is 0. The minimum Gasteiger partial charge on any atom is -0.450 e. The molecule has 3 aromatic rings. The Morgan fingerprint density at radius 2 is 1.72 bits per heavy atom. The van der Waals surface area contributed by atoms with Crippen molar-refractivity contribution in [1.82, 2.24) is 4.98 Å². The Bertz CT molecular complexity index is 598. The summed E-state index contributed by atoms with van der Waals surface area (Å²) in [6, 6.07) is 17.8. The van der Waals surface area contributed by atoms with E-state index in [4.69, 9.17) is 9.15 Å². The molecule has 0 atom stereocenters. The normalized spacial score (nSPS) is 10.7. The van der Waals surface area contributed by atoms with Crippen molar-refractivity contribution in [3.63, 3.8) is 0 Å². The lowest BCUT2D eigenvalue weighted by atomic mass is 10.2. The molecular formula is C15H13NO2. The molecule has 0 saturated heterocycles. The van der Waals surface area contributed by atoms with E-state index in [2.05, 4.69) is 17.1 Å². The summed E-state index contributed by atoms with van der Waals surface area (Å²) >= 11 is 0. The van der Waals surface area contributed by atoms with Crippen molar-refractivity contribution in [2.45, 2.75) is 6.42 Å². The molecule has 0 aliphatic carbocycles. The molecule has 0 saturated carbocycles. The van der Waals surface area contributed by atoms with Crippen LogP contribution in [-0.4, -0.2) is 11.6 Å². The van der Waals surface area contributed by atoms with Crippen molar-refractivity contribution in [2.75, 3.05) is 6.61 Å². The number of benzene rings is 2. The lowest BCUT2D eigenvalue weighted by Gasteiger charge is -2.01. The molecular weight excluding hydrogens is 226 g/mol. The van der Waals surface area contributed by atoms with E-state index in [1.807, 2.05) is 42.5 Å². The fourth-order valence-corrected chi connectivity index (χ4v) is 1.81. The Kier molecular flexibility index (Phi) is 2.96. The molecule has 90 valence electrons. The van der Waals surface area contributed by atoms with Crippen LogP contribution in [0.5, 0.6) is 6.08 Å². The molecule has 18 heavy (non-hydrogen) atoms. The van der Waals surface area contributed by atoms with Gasteiger partial charge in [-0.1, -0.05) is 42.5 Å². The van der Waals surface area contributed by atoms with Gasteiger partial charge < -0.3 is 9.15 Å². The lowest BCUT2D eigenvalue weighted by molar-refractivity contribution is 0.240. The van der Waals surface area contributed by atoms with Crippen molar-refractivity contribution in [3.8, 4) is 6.08 Å². The van der Waals surface area contributed by atoms with Crippen molar-refractivity contribution >= 4 is 11.1 Å². The largest absolute Gasteiger partial charge is 0.450 e. The minimum absolute atomic E-state index is 0.340. The SMILES string of the molecule is c1ccc(CCOc2nc3ccccc3o2)cc1. The van der Waals surface area contributed by atoms with E-state index in [0.29, 0.717) is 12.7 Å². The van der Waals surface area contributed by atoms with Crippen LogP contribution in [0.1, 0.15) is 5.56 Å². The highest BCUT2D eigenvalue weighted by Crippen LogP contribution is 2.19. The van der Waals surface area contributed by atoms with Gasteiger partial charge in [-0.2, -0.15) is 4.98 Å². The van der Waals surface area contributed by atoms with Crippen molar-refractivity contribution < 1.29 is 9.15 Å². The molecule has 0 radical (unpaired) electrons. The van der Waals surface area contributed by atoms with Gasteiger partial charge in [-0.05, 0) is 17.7 Å². The summed E-state index contributed by atoms with van der Waals surface area (Å²) in [5.41, 5.74) is 2.83. The average molecular weight is 239 g/mol. The first-order valence-corrected chi connectivity index (χ1v) is 5.94. The Labute approximate surface area is 105 Å². The van der Waals surface area contributed by atoms with Crippen LogP contribution in [-0.2, 0) is 6.42 Å². The number of ether oxygens (including phenoxy) is 1. The topological polar surface area (TPSA) is 35.3 Å². The maximum atomic E-state index is 5.52. The fraction of sp³-hybridized carbons (Fsp3) is 0.133. The van der Waals surface area contributed by atoms with Gasteiger partial charge in [0, 0.05) is 6.42 Å². The predicted octanol–water partition coefficient (Wildman–Crippen LogP) is 3.45. The third kappa shape index (κ3) is 2.35. The van der Waals surface area contributed by atoms with E-state index in [-0.39, 0.29) is 0 Å². The summed E-state index contributed by atoms with van der Waals surface area (Å²) in [4.78, 5) is 4.26. The molecule has 2 aromatic carbocycles. The van der Waals surface area contributed by atoms with Gasteiger partial charge in [-0.3, -0.25) is 0 Å². The van der Waals surface area contributed by atoms with Gasteiger partial charge in [0.2, 0.25) is 0 Å². The Hall–Kier alpha value is -2.29. The van der Waals surface area contributed by atoms with Crippen LogP contribution >= 0.6 is 0 Å². The number of rotatable bonds is 4. The number of hydrogen-bond acceptors (Lipinski definition) is 3. The lowest BCUT2D eigenvalue weighted by Crippen LogP contribution is -2.01. The molecule has 3 nitrogen and oxygen atoms in total. The monoisotopic (exact) mass is 239 g/mol. The molecule has 1 heterocycles. The van der Waals surface area contributed by atoms with Crippen LogP contribution in [0, 0.1) is 0 Å². The summed E-state index contributed by atoms with van der Waals surface area (Å²) in [7, 11) is 0. The molecule has 0 fully saturated rings. The fourth-order valence-electron chi connectivity index (χ4n) is 1.81. The van der Waals surface area contributed by atoms with Gasteiger partial charge in [-0.15, -0.1) is 0 Å². The highest BCUT2D eigenvalue weighted by molar-refractivity contribution is 5.72. The third-order valence-corrected chi connectivity index (χ3v) is 2.73. The first-order chi connectivity index (χ1) is 8.92. The predicted molar refractivity (Wildman–Crippen MR) is 69.7 cm³/mol. The maximum absolute atomic E-state index is 5.52. The second kappa shape index (κ2) is 4.92. The molecule has 0 bridgehead atoms. The van der Waals surface area contributed by atoms with Crippen molar-refractivity contribution in [3.05, 3.63) is 60.2 Å². The number of fused-ring (bicyclic) bond motifs is 1. The highest BCUT2D eigenvalue weighted by Gasteiger charge is 2.05. The van der Waals surface area contributed by atoms with Gasteiger partial charge >= 0.3 is 6.08 Å². The summed E-state index contributed by atoms with van der Waals surface area (Å²) in [5, 5.41) is 0. The van der Waals surface area contributed by atoms with Crippen LogP contribution in [0.25, 0.3) is 11.1 Å². The smallest absolute Gasteiger partial charge is 0.394 e. The van der Waals surface area contributed by atoms with Crippen LogP contribution in [0.3, 0.4) is 0 Å². The average Bonchev–Trinajstić information content (AvgIpc) is 2.82. The van der Waals surface area contributed by atoms with E-state index < -0.39 is 0 Å². The van der Waals surface area contributed by atoms with E-state index >= 15 is 0 Å². The number of para-hydroxylation sites is 2. The zero-order valence-electron chi connectivity index (χ0n) is 9.87. The molecule has 0 aliphatic rings. The Balaban J connectivity index is 1.63. The van der Waals surface area contributed by atoms with Gasteiger partial charge in [0.1, 0.15) is 5.52 Å². The van der Waals surface area contributed by atoms with Gasteiger partial charge in [0.05, 0.1) is 6.61 Å². The van der Waals surface area contributed by atoms with Gasteiger partial charge in [0.15, 0.2) is 5.58 Å². The van der Waals surface area contributed by atoms with Crippen molar-refractivity contribution in [2.24, 2.45) is 0 Å². The molecule has 0 unspecified atom stereocenters. The Morgan fingerprint density at radius 3 is 2.56 bits per heavy atom. The van der Waals surface area contributed by atoms with Gasteiger partial charge in [-0.25, -0.2) is 0 Å². The summed E-state index contributed by atoms with van der Waals surface area (Å²) in [6.07, 6.45) is 1.19. The van der Waals surface area contributed by atoms with E-state index in [1.54, 1.807) is 0 Å². The van der Waals surface area contributed by atoms with E-state index in [1.165, 1.54) is 5.56 Å². The zero-order valence-corrected chi connectivity index (χ0v) is 9.87. The number of nitrogens with zero attached hydrogens (tertiary/aromatic N) is 1.